The van der Waals surface area contributed by atoms with Gasteiger partial charge in [-0.05, 0) is 48.6 Å². The highest BCUT2D eigenvalue weighted by atomic mass is 32.1. The fourth-order valence-corrected chi connectivity index (χ4v) is 4.27. The molecule has 2 atom stereocenters. The molecule has 2 aliphatic rings. The van der Waals surface area contributed by atoms with E-state index in [-0.39, 0.29) is 5.54 Å². The van der Waals surface area contributed by atoms with Gasteiger partial charge in [0.1, 0.15) is 0 Å². The average Bonchev–Trinajstić information content (AvgIpc) is 2.66. The first-order chi connectivity index (χ1) is 6.81. The van der Waals surface area contributed by atoms with Gasteiger partial charge in [0.15, 0.2) is 0 Å². The topological polar surface area (TPSA) is 26.0 Å². The van der Waals surface area contributed by atoms with Crippen LogP contribution in [-0.2, 0) is 12.0 Å². The van der Waals surface area contributed by atoms with Crippen molar-refractivity contribution in [3.8, 4) is 0 Å². The molecule has 0 spiro atoms. The zero-order chi connectivity index (χ0) is 9.60. The Morgan fingerprint density at radius 3 is 3.21 bits per heavy atom. The van der Waals surface area contributed by atoms with Gasteiger partial charge < -0.3 is 5.73 Å². The molecule has 1 aromatic rings. The third kappa shape index (κ3) is 1.10. The van der Waals surface area contributed by atoms with Crippen molar-refractivity contribution in [2.45, 2.75) is 44.1 Å². The minimum atomic E-state index is 0.0475. The molecule has 0 bridgehead atoms. The first-order valence-corrected chi connectivity index (χ1v) is 6.54. The molecular weight excluding hydrogens is 190 g/mol. The zero-order valence-electron chi connectivity index (χ0n) is 8.46. The maximum Gasteiger partial charge on any atom is 0.0449 e. The van der Waals surface area contributed by atoms with Crippen LogP contribution in [0.3, 0.4) is 0 Å². The van der Waals surface area contributed by atoms with Gasteiger partial charge in [0.25, 0.3) is 0 Å². The van der Waals surface area contributed by atoms with Gasteiger partial charge >= 0.3 is 0 Å². The number of hydrogen-bond acceptors (Lipinski definition) is 2. The summed E-state index contributed by atoms with van der Waals surface area (Å²) in [7, 11) is 0. The summed E-state index contributed by atoms with van der Waals surface area (Å²) in [5.74, 6) is 0.762. The van der Waals surface area contributed by atoms with Crippen LogP contribution in [0.2, 0.25) is 0 Å². The van der Waals surface area contributed by atoms with Crippen molar-refractivity contribution >= 4 is 11.3 Å². The van der Waals surface area contributed by atoms with E-state index in [4.69, 9.17) is 5.73 Å². The summed E-state index contributed by atoms with van der Waals surface area (Å²) >= 11 is 1.90. The van der Waals surface area contributed by atoms with Gasteiger partial charge in [-0.15, -0.1) is 11.3 Å². The van der Waals surface area contributed by atoms with E-state index in [1.807, 2.05) is 11.3 Å². The lowest BCUT2D eigenvalue weighted by Crippen LogP contribution is -2.48. The average molecular weight is 207 g/mol. The van der Waals surface area contributed by atoms with E-state index in [0.29, 0.717) is 0 Å². The Kier molecular flexibility index (Phi) is 1.96. The second-order valence-electron chi connectivity index (χ2n) is 4.78. The molecule has 0 aliphatic heterocycles. The number of aryl methyl sites for hydroxylation is 1. The molecular formula is C12H17NS. The summed E-state index contributed by atoms with van der Waals surface area (Å²) in [6, 6.07) is 2.28. The fraction of sp³-hybridized carbons (Fsp3) is 0.667. The number of fused-ring (bicyclic) bond motifs is 3. The molecule has 1 saturated carbocycles. The molecule has 14 heavy (non-hydrogen) atoms. The minimum absolute atomic E-state index is 0.0475. The highest BCUT2D eigenvalue weighted by Gasteiger charge is 2.42. The summed E-state index contributed by atoms with van der Waals surface area (Å²) in [5, 5.41) is 2.22. The largest absolute Gasteiger partial charge is 0.321 e. The highest BCUT2D eigenvalue weighted by molar-refractivity contribution is 7.10. The summed E-state index contributed by atoms with van der Waals surface area (Å²) in [5.41, 5.74) is 8.16. The van der Waals surface area contributed by atoms with Crippen LogP contribution >= 0.6 is 11.3 Å². The Morgan fingerprint density at radius 2 is 2.29 bits per heavy atom. The fourth-order valence-electron chi connectivity index (χ4n) is 3.28. The van der Waals surface area contributed by atoms with Crippen molar-refractivity contribution in [1.29, 1.82) is 0 Å². The van der Waals surface area contributed by atoms with E-state index in [0.717, 1.165) is 5.92 Å². The highest BCUT2D eigenvalue weighted by Crippen LogP contribution is 2.47. The van der Waals surface area contributed by atoms with Crippen molar-refractivity contribution in [3.63, 3.8) is 0 Å². The van der Waals surface area contributed by atoms with E-state index >= 15 is 0 Å². The molecule has 2 unspecified atom stereocenters. The van der Waals surface area contributed by atoms with Crippen LogP contribution in [0, 0.1) is 5.92 Å². The summed E-state index contributed by atoms with van der Waals surface area (Å²) < 4.78 is 0. The van der Waals surface area contributed by atoms with E-state index in [1.54, 1.807) is 4.88 Å². The molecule has 0 aromatic carbocycles. The molecule has 0 amide bonds. The monoisotopic (exact) mass is 207 g/mol. The van der Waals surface area contributed by atoms with Crippen LogP contribution in [0.4, 0.5) is 0 Å². The molecule has 76 valence electrons. The Balaban J connectivity index is 2.07. The molecule has 2 N–H and O–H groups in total. The van der Waals surface area contributed by atoms with Gasteiger partial charge in [-0.3, -0.25) is 0 Å². The van der Waals surface area contributed by atoms with E-state index in [2.05, 4.69) is 11.4 Å². The molecule has 1 nitrogen and oxygen atoms in total. The zero-order valence-corrected chi connectivity index (χ0v) is 9.28. The lowest BCUT2D eigenvalue weighted by molar-refractivity contribution is 0.167. The Bertz CT molecular complexity index is 344. The number of nitrogens with two attached hydrogens (primary N) is 1. The first kappa shape index (κ1) is 8.93. The standard InChI is InChI=1S/C12H17NS/c13-12-7-2-1-3-9(12)4-5-11-10(12)6-8-14-11/h6,8-9H,1-5,7,13H2. The van der Waals surface area contributed by atoms with Gasteiger partial charge in [-0.25, -0.2) is 0 Å². The van der Waals surface area contributed by atoms with Crippen molar-refractivity contribution in [3.05, 3.63) is 21.9 Å². The molecule has 1 aromatic heterocycles. The maximum absolute atomic E-state index is 6.63. The van der Waals surface area contributed by atoms with E-state index in [1.165, 1.54) is 44.1 Å². The van der Waals surface area contributed by atoms with Gasteiger partial charge in [-0.1, -0.05) is 12.8 Å². The van der Waals surface area contributed by atoms with Crippen LogP contribution in [0.1, 0.15) is 42.5 Å². The van der Waals surface area contributed by atoms with Crippen molar-refractivity contribution in [2.75, 3.05) is 0 Å². The predicted octanol–water partition coefficient (Wildman–Crippen LogP) is 3.04. The maximum atomic E-state index is 6.63. The van der Waals surface area contributed by atoms with Crippen LogP contribution in [0.5, 0.6) is 0 Å². The van der Waals surface area contributed by atoms with Crippen molar-refractivity contribution in [2.24, 2.45) is 11.7 Å². The number of hydrogen-bond donors (Lipinski definition) is 1. The van der Waals surface area contributed by atoms with E-state index in [9.17, 15) is 0 Å². The van der Waals surface area contributed by atoms with Gasteiger partial charge in [0.2, 0.25) is 0 Å². The van der Waals surface area contributed by atoms with Crippen LogP contribution in [0.15, 0.2) is 11.4 Å². The lowest BCUT2D eigenvalue weighted by atomic mass is 9.65. The predicted molar refractivity (Wildman–Crippen MR) is 60.5 cm³/mol. The van der Waals surface area contributed by atoms with Crippen LogP contribution < -0.4 is 5.73 Å². The molecule has 0 radical (unpaired) electrons. The molecule has 0 saturated heterocycles. The van der Waals surface area contributed by atoms with Gasteiger partial charge in [0.05, 0.1) is 0 Å². The smallest absolute Gasteiger partial charge is 0.0449 e. The van der Waals surface area contributed by atoms with Crippen molar-refractivity contribution in [1.82, 2.24) is 0 Å². The molecule has 2 heteroatoms. The van der Waals surface area contributed by atoms with Crippen LogP contribution in [-0.4, -0.2) is 0 Å². The van der Waals surface area contributed by atoms with Gasteiger partial charge in [-0.2, -0.15) is 0 Å². The Labute approximate surface area is 89.3 Å². The van der Waals surface area contributed by atoms with Crippen molar-refractivity contribution < 1.29 is 0 Å². The molecule has 3 rings (SSSR count). The number of rotatable bonds is 0. The second-order valence-corrected chi connectivity index (χ2v) is 5.78. The minimum Gasteiger partial charge on any atom is -0.321 e. The molecule has 1 heterocycles. The lowest BCUT2D eigenvalue weighted by Gasteiger charge is -2.44. The van der Waals surface area contributed by atoms with Gasteiger partial charge in [0, 0.05) is 10.4 Å². The third-order valence-electron chi connectivity index (χ3n) is 4.09. The SMILES string of the molecule is NC12CCCCC1CCc1sccc12. The summed E-state index contributed by atoms with van der Waals surface area (Å²) in [6.45, 7) is 0. The Morgan fingerprint density at radius 1 is 1.36 bits per heavy atom. The van der Waals surface area contributed by atoms with E-state index < -0.39 is 0 Å². The number of thiophene rings is 1. The Hall–Kier alpha value is -0.340. The molecule has 1 fully saturated rings. The summed E-state index contributed by atoms with van der Waals surface area (Å²) in [4.78, 5) is 1.56. The second kappa shape index (κ2) is 3.07. The third-order valence-corrected chi connectivity index (χ3v) is 5.07. The first-order valence-electron chi connectivity index (χ1n) is 5.66. The normalized spacial score (nSPS) is 36.2. The van der Waals surface area contributed by atoms with Crippen LogP contribution in [0.25, 0.3) is 0 Å². The quantitative estimate of drug-likeness (QED) is 0.695. The summed E-state index contributed by atoms with van der Waals surface area (Å²) in [6.07, 6.45) is 7.87. The molecule has 2 aliphatic carbocycles.